The summed E-state index contributed by atoms with van der Waals surface area (Å²) in [5, 5.41) is 19.7. The predicted octanol–water partition coefficient (Wildman–Crippen LogP) is 1.36. The van der Waals surface area contributed by atoms with Gasteiger partial charge in [0.1, 0.15) is 5.82 Å². The molecule has 0 saturated heterocycles. The standard InChI is InChI=1S/C18H16FN7O3S/c19-12-3-1-5-14(9-12)26-17-16(24-25-26)11-20-18(23-17)22-13-4-2-6-15(10-13)30(28,29)21-7-8-27/h1-6,9-11,21,27H,7-8H2,(H,20,22,23). The Hall–Kier alpha value is -3.48. The first-order chi connectivity index (χ1) is 14.5. The molecule has 0 radical (unpaired) electrons. The van der Waals surface area contributed by atoms with Gasteiger partial charge in [-0.2, -0.15) is 9.67 Å². The Labute approximate surface area is 170 Å². The van der Waals surface area contributed by atoms with Crippen molar-refractivity contribution in [2.24, 2.45) is 0 Å². The molecule has 2 heterocycles. The summed E-state index contributed by atoms with van der Waals surface area (Å²) < 4.78 is 41.7. The summed E-state index contributed by atoms with van der Waals surface area (Å²) in [6.45, 7) is -0.394. The van der Waals surface area contributed by atoms with Crippen LogP contribution < -0.4 is 10.0 Å². The van der Waals surface area contributed by atoms with E-state index in [1.807, 2.05) is 0 Å². The van der Waals surface area contributed by atoms with E-state index >= 15 is 0 Å². The van der Waals surface area contributed by atoms with Gasteiger partial charge in [0.2, 0.25) is 16.0 Å². The van der Waals surface area contributed by atoms with Crippen molar-refractivity contribution >= 4 is 32.8 Å². The maximum atomic E-state index is 13.6. The lowest BCUT2D eigenvalue weighted by Gasteiger charge is -2.09. The summed E-state index contributed by atoms with van der Waals surface area (Å²) >= 11 is 0. The van der Waals surface area contributed by atoms with E-state index in [4.69, 9.17) is 5.11 Å². The highest BCUT2D eigenvalue weighted by atomic mass is 32.2. The Bertz CT molecular complexity index is 1310. The van der Waals surface area contributed by atoms with Gasteiger partial charge in [0, 0.05) is 12.2 Å². The zero-order chi connectivity index (χ0) is 21.1. The molecule has 2 aromatic carbocycles. The average Bonchev–Trinajstić information content (AvgIpc) is 3.16. The number of fused-ring (bicyclic) bond motifs is 1. The van der Waals surface area contributed by atoms with Crippen molar-refractivity contribution in [3.05, 3.63) is 60.5 Å². The molecular formula is C18H16FN7O3S. The number of hydrogen-bond acceptors (Lipinski definition) is 8. The van der Waals surface area contributed by atoms with Crippen molar-refractivity contribution in [3.63, 3.8) is 0 Å². The van der Waals surface area contributed by atoms with Gasteiger partial charge in [-0.3, -0.25) is 0 Å². The molecule has 154 valence electrons. The number of hydrogen-bond donors (Lipinski definition) is 3. The average molecular weight is 429 g/mol. The lowest BCUT2D eigenvalue weighted by Crippen LogP contribution is -2.26. The first kappa shape index (κ1) is 19.8. The van der Waals surface area contributed by atoms with Crippen LogP contribution in [0.15, 0.2) is 59.6 Å². The molecule has 0 amide bonds. The first-order valence-corrected chi connectivity index (χ1v) is 10.3. The predicted molar refractivity (Wildman–Crippen MR) is 106 cm³/mol. The smallest absolute Gasteiger partial charge is 0.240 e. The van der Waals surface area contributed by atoms with Crippen molar-refractivity contribution in [1.82, 2.24) is 29.7 Å². The summed E-state index contributed by atoms with van der Waals surface area (Å²) in [6, 6.07) is 11.9. The molecule has 0 bridgehead atoms. The molecule has 30 heavy (non-hydrogen) atoms. The molecule has 0 saturated carbocycles. The van der Waals surface area contributed by atoms with E-state index in [-0.39, 0.29) is 24.0 Å². The van der Waals surface area contributed by atoms with E-state index in [1.54, 1.807) is 24.3 Å². The maximum absolute atomic E-state index is 13.6. The number of anilines is 2. The molecule has 0 spiro atoms. The first-order valence-electron chi connectivity index (χ1n) is 8.78. The van der Waals surface area contributed by atoms with Crippen molar-refractivity contribution in [2.75, 3.05) is 18.5 Å². The van der Waals surface area contributed by atoms with Gasteiger partial charge in [-0.1, -0.05) is 17.3 Å². The highest BCUT2D eigenvalue weighted by Crippen LogP contribution is 2.20. The normalized spacial score (nSPS) is 11.7. The number of aliphatic hydroxyl groups is 1. The van der Waals surface area contributed by atoms with E-state index in [0.29, 0.717) is 22.5 Å². The third-order valence-electron chi connectivity index (χ3n) is 4.05. The number of nitrogens with zero attached hydrogens (tertiary/aromatic N) is 5. The van der Waals surface area contributed by atoms with E-state index in [9.17, 15) is 12.8 Å². The molecule has 0 aliphatic carbocycles. The van der Waals surface area contributed by atoms with Gasteiger partial charge in [-0.25, -0.2) is 22.5 Å². The molecule has 0 atom stereocenters. The molecule has 4 rings (SSSR count). The lowest BCUT2D eigenvalue weighted by molar-refractivity contribution is 0.301. The van der Waals surface area contributed by atoms with Crippen molar-refractivity contribution < 1.29 is 17.9 Å². The number of rotatable bonds is 7. The SMILES string of the molecule is O=S(=O)(NCCO)c1cccc(Nc2ncc3nnn(-c4cccc(F)c4)c3n2)c1. The number of nitrogens with one attached hydrogen (secondary N) is 2. The lowest BCUT2D eigenvalue weighted by atomic mass is 10.3. The zero-order valence-electron chi connectivity index (χ0n) is 15.4. The summed E-state index contributed by atoms with van der Waals surface area (Å²) in [7, 11) is -3.76. The summed E-state index contributed by atoms with van der Waals surface area (Å²) in [5.74, 6) is -0.239. The summed E-state index contributed by atoms with van der Waals surface area (Å²) in [4.78, 5) is 8.55. The van der Waals surface area contributed by atoms with Crippen LogP contribution in [0.2, 0.25) is 0 Å². The van der Waals surface area contributed by atoms with E-state index in [2.05, 4.69) is 30.3 Å². The molecule has 10 nitrogen and oxygen atoms in total. The van der Waals surface area contributed by atoms with Gasteiger partial charge < -0.3 is 10.4 Å². The Morgan fingerprint density at radius 3 is 2.77 bits per heavy atom. The third-order valence-corrected chi connectivity index (χ3v) is 5.51. The van der Waals surface area contributed by atoms with Crippen LogP contribution in [0.1, 0.15) is 0 Å². The van der Waals surface area contributed by atoms with E-state index in [0.717, 1.165) is 0 Å². The van der Waals surface area contributed by atoms with Gasteiger partial charge in [0.25, 0.3) is 0 Å². The Balaban J connectivity index is 1.65. The van der Waals surface area contributed by atoms with Crippen LogP contribution in [0.3, 0.4) is 0 Å². The van der Waals surface area contributed by atoms with Gasteiger partial charge in [-0.15, -0.1) is 5.10 Å². The van der Waals surface area contributed by atoms with Crippen LogP contribution in [-0.4, -0.2) is 51.6 Å². The number of benzene rings is 2. The van der Waals surface area contributed by atoms with E-state index in [1.165, 1.54) is 35.1 Å². The Morgan fingerprint density at radius 1 is 1.13 bits per heavy atom. The fourth-order valence-corrected chi connectivity index (χ4v) is 3.77. The van der Waals surface area contributed by atoms with Gasteiger partial charge in [0.05, 0.1) is 23.4 Å². The Kier molecular flexibility index (Phi) is 5.35. The molecule has 12 heteroatoms. The topological polar surface area (TPSA) is 135 Å². The zero-order valence-corrected chi connectivity index (χ0v) is 16.2. The minimum atomic E-state index is -3.76. The van der Waals surface area contributed by atoms with Gasteiger partial charge in [0.15, 0.2) is 11.2 Å². The fraction of sp³-hybridized carbons (Fsp3) is 0.111. The number of sulfonamides is 1. The van der Waals surface area contributed by atoms with E-state index < -0.39 is 15.8 Å². The van der Waals surface area contributed by atoms with Crippen LogP contribution in [-0.2, 0) is 10.0 Å². The molecule has 2 aromatic heterocycles. The second-order valence-electron chi connectivity index (χ2n) is 6.16. The number of aliphatic hydroxyl groups excluding tert-OH is 1. The van der Waals surface area contributed by atoms with Crippen molar-refractivity contribution in [3.8, 4) is 5.69 Å². The largest absolute Gasteiger partial charge is 0.395 e. The highest BCUT2D eigenvalue weighted by molar-refractivity contribution is 7.89. The monoisotopic (exact) mass is 429 g/mol. The third kappa shape index (κ3) is 4.10. The van der Waals surface area contributed by atoms with Gasteiger partial charge >= 0.3 is 0 Å². The second kappa shape index (κ2) is 8.10. The van der Waals surface area contributed by atoms with Crippen LogP contribution in [0.4, 0.5) is 16.0 Å². The maximum Gasteiger partial charge on any atom is 0.240 e. The van der Waals surface area contributed by atoms with Crippen molar-refractivity contribution in [2.45, 2.75) is 4.90 Å². The van der Waals surface area contributed by atoms with Crippen LogP contribution in [0.5, 0.6) is 0 Å². The molecule has 0 unspecified atom stereocenters. The quantitative estimate of drug-likeness (QED) is 0.401. The highest BCUT2D eigenvalue weighted by Gasteiger charge is 2.15. The van der Waals surface area contributed by atoms with Crippen LogP contribution in [0.25, 0.3) is 16.9 Å². The fourth-order valence-electron chi connectivity index (χ4n) is 2.70. The molecule has 3 N–H and O–H groups in total. The number of halogens is 1. The molecule has 0 aliphatic heterocycles. The summed E-state index contributed by atoms with van der Waals surface area (Å²) in [6.07, 6.45) is 1.46. The molecule has 0 fully saturated rings. The summed E-state index contributed by atoms with van der Waals surface area (Å²) in [5.41, 5.74) is 1.65. The van der Waals surface area contributed by atoms with Crippen molar-refractivity contribution in [1.29, 1.82) is 0 Å². The second-order valence-corrected chi connectivity index (χ2v) is 7.92. The Morgan fingerprint density at radius 2 is 1.97 bits per heavy atom. The van der Waals surface area contributed by atoms with Crippen LogP contribution >= 0.6 is 0 Å². The molecule has 0 aliphatic rings. The minimum Gasteiger partial charge on any atom is -0.395 e. The number of aromatic nitrogens is 5. The van der Waals surface area contributed by atoms with Crippen LogP contribution in [0, 0.1) is 5.82 Å². The minimum absolute atomic E-state index is 0.0218. The molecule has 4 aromatic rings. The molecular weight excluding hydrogens is 413 g/mol. The van der Waals surface area contributed by atoms with Gasteiger partial charge in [-0.05, 0) is 36.4 Å².